The topological polar surface area (TPSA) is 60.2 Å². The quantitative estimate of drug-likeness (QED) is 0.585. The average Bonchev–Trinajstić information content (AvgIpc) is 1.98. The van der Waals surface area contributed by atoms with Crippen LogP contribution in [0.15, 0.2) is 21.5 Å². The van der Waals surface area contributed by atoms with Gasteiger partial charge >= 0.3 is 0 Å². The van der Waals surface area contributed by atoms with E-state index in [1.54, 1.807) is 6.07 Å². The number of rotatable bonds is 1. The second-order valence-electron chi connectivity index (χ2n) is 2.22. The Hall–Kier alpha value is 0.630. The number of halogens is 3. The van der Waals surface area contributed by atoms with Gasteiger partial charge in [0.2, 0.25) is 10.0 Å². The van der Waals surface area contributed by atoms with E-state index in [1.165, 1.54) is 6.07 Å². The van der Waals surface area contributed by atoms with Crippen LogP contribution in [-0.2, 0) is 10.0 Å². The summed E-state index contributed by atoms with van der Waals surface area (Å²) in [6, 6.07) is 2.96. The number of sulfonamides is 1. The van der Waals surface area contributed by atoms with Gasteiger partial charge in [0.1, 0.15) is 0 Å². The molecule has 0 radical (unpaired) electrons. The number of hydrogen-bond donors (Lipinski definition) is 1. The Kier molecular flexibility index (Phi) is 3.61. The molecule has 3 nitrogen and oxygen atoms in total. The van der Waals surface area contributed by atoms with Crippen LogP contribution in [0.3, 0.4) is 0 Å². The highest BCUT2D eigenvalue weighted by Gasteiger charge is 2.16. The molecule has 0 aliphatic heterocycles. The van der Waals surface area contributed by atoms with Crippen LogP contribution < -0.4 is 5.14 Å². The van der Waals surface area contributed by atoms with Crippen LogP contribution in [0.4, 0.5) is 0 Å². The smallest absolute Gasteiger partial charge is 0.225 e. The average molecular weight is 396 g/mol. The normalized spacial score (nSPS) is 11.7. The summed E-state index contributed by atoms with van der Waals surface area (Å²) in [5.74, 6) is 0. The van der Waals surface area contributed by atoms with Crippen molar-refractivity contribution in [3.05, 3.63) is 25.2 Å². The van der Waals surface area contributed by atoms with Gasteiger partial charge in [-0.05, 0) is 50.7 Å². The van der Waals surface area contributed by atoms with Crippen molar-refractivity contribution >= 4 is 60.1 Å². The zero-order chi connectivity index (χ0) is 10.2. The van der Waals surface area contributed by atoms with Gasteiger partial charge in [0.25, 0.3) is 0 Å². The van der Waals surface area contributed by atoms with Gasteiger partial charge in [-0.3, -0.25) is 0 Å². The Morgan fingerprint density at radius 2 is 2.00 bits per heavy atom. The lowest BCUT2D eigenvalue weighted by Crippen LogP contribution is -2.13. The van der Waals surface area contributed by atoms with Crippen molar-refractivity contribution in [2.24, 2.45) is 5.14 Å². The Morgan fingerprint density at radius 1 is 1.46 bits per heavy atom. The van der Waals surface area contributed by atoms with Crippen molar-refractivity contribution in [1.29, 1.82) is 0 Å². The molecular weight excluding hydrogens is 392 g/mol. The maximum Gasteiger partial charge on any atom is 0.239 e. The molecule has 1 aromatic carbocycles. The van der Waals surface area contributed by atoms with Crippen molar-refractivity contribution in [2.75, 3.05) is 0 Å². The van der Waals surface area contributed by atoms with Gasteiger partial charge in [-0.25, -0.2) is 13.6 Å². The second kappa shape index (κ2) is 4.01. The van der Waals surface area contributed by atoms with Crippen LogP contribution >= 0.6 is 50.1 Å². The molecular formula is C6H4BrClINO2S. The first-order valence-corrected chi connectivity index (χ1v) is 6.80. The van der Waals surface area contributed by atoms with Crippen molar-refractivity contribution in [3.8, 4) is 0 Å². The largest absolute Gasteiger partial charge is 0.239 e. The Bertz CT molecular complexity index is 448. The molecule has 0 heterocycles. The standard InChI is InChI=1S/C6H4BrClINO2S/c7-3-1-2-4(13(10,11)12)6(9)5(3)8/h1-2H,(H2,10,11,12). The molecule has 0 unspecified atom stereocenters. The monoisotopic (exact) mass is 395 g/mol. The summed E-state index contributed by atoms with van der Waals surface area (Å²) in [6.07, 6.45) is 0. The first-order valence-electron chi connectivity index (χ1n) is 3.00. The van der Waals surface area contributed by atoms with E-state index in [0.717, 1.165) is 0 Å². The minimum Gasteiger partial charge on any atom is -0.225 e. The highest BCUT2D eigenvalue weighted by atomic mass is 127. The van der Waals surface area contributed by atoms with Crippen molar-refractivity contribution in [1.82, 2.24) is 0 Å². The van der Waals surface area contributed by atoms with Crippen LogP contribution in [0.2, 0.25) is 5.02 Å². The Morgan fingerprint density at radius 3 is 2.46 bits per heavy atom. The van der Waals surface area contributed by atoms with E-state index in [-0.39, 0.29) is 4.90 Å². The lowest BCUT2D eigenvalue weighted by atomic mass is 10.4. The van der Waals surface area contributed by atoms with E-state index in [0.29, 0.717) is 13.1 Å². The molecule has 0 aliphatic rings. The molecule has 0 aromatic heterocycles. The predicted octanol–water partition coefficient (Wildman–Crippen LogP) is 2.35. The van der Waals surface area contributed by atoms with Crippen LogP contribution in [0.25, 0.3) is 0 Å². The Balaban J connectivity index is 3.53. The predicted molar refractivity (Wildman–Crippen MR) is 63.2 cm³/mol. The summed E-state index contributed by atoms with van der Waals surface area (Å²) in [5, 5.41) is 5.32. The minimum atomic E-state index is -3.69. The minimum absolute atomic E-state index is 0.0429. The maximum atomic E-state index is 11.0. The van der Waals surface area contributed by atoms with Gasteiger partial charge in [-0.15, -0.1) is 0 Å². The van der Waals surface area contributed by atoms with Crippen molar-refractivity contribution in [2.45, 2.75) is 4.90 Å². The van der Waals surface area contributed by atoms with E-state index in [2.05, 4.69) is 15.9 Å². The third kappa shape index (κ3) is 2.56. The molecule has 0 bridgehead atoms. The maximum absolute atomic E-state index is 11.0. The third-order valence-electron chi connectivity index (χ3n) is 1.31. The summed E-state index contributed by atoms with van der Waals surface area (Å²) in [5.41, 5.74) is 0. The molecule has 0 spiro atoms. The van der Waals surface area contributed by atoms with Gasteiger partial charge in [0.15, 0.2) is 0 Å². The lowest BCUT2D eigenvalue weighted by Gasteiger charge is -2.04. The van der Waals surface area contributed by atoms with Gasteiger partial charge in [-0.2, -0.15) is 0 Å². The first-order chi connectivity index (χ1) is 5.84. The van der Waals surface area contributed by atoms with E-state index < -0.39 is 10.0 Å². The van der Waals surface area contributed by atoms with Gasteiger partial charge in [0.05, 0.1) is 13.5 Å². The second-order valence-corrected chi connectivity index (χ2v) is 6.06. The van der Waals surface area contributed by atoms with Crippen LogP contribution in [0.5, 0.6) is 0 Å². The number of primary sulfonamides is 1. The number of benzene rings is 1. The van der Waals surface area contributed by atoms with Crippen LogP contribution in [0.1, 0.15) is 0 Å². The van der Waals surface area contributed by atoms with E-state index >= 15 is 0 Å². The summed E-state index contributed by atoms with van der Waals surface area (Å²) < 4.78 is 23.1. The fourth-order valence-electron chi connectivity index (χ4n) is 0.728. The molecule has 13 heavy (non-hydrogen) atoms. The SMILES string of the molecule is NS(=O)(=O)c1ccc(Br)c(Cl)c1I. The van der Waals surface area contributed by atoms with Gasteiger partial charge in [0, 0.05) is 4.47 Å². The molecule has 0 atom stereocenters. The first kappa shape index (κ1) is 11.7. The summed E-state index contributed by atoms with van der Waals surface area (Å²) in [7, 11) is -3.69. The highest BCUT2D eigenvalue weighted by molar-refractivity contribution is 14.1. The molecule has 0 aliphatic carbocycles. The Labute approximate surface area is 103 Å². The van der Waals surface area contributed by atoms with Crippen LogP contribution in [-0.4, -0.2) is 8.42 Å². The molecule has 0 saturated heterocycles. The molecule has 0 saturated carbocycles. The molecule has 72 valence electrons. The van der Waals surface area contributed by atoms with Gasteiger partial charge < -0.3 is 0 Å². The lowest BCUT2D eigenvalue weighted by molar-refractivity contribution is 0.597. The number of hydrogen-bond acceptors (Lipinski definition) is 2. The van der Waals surface area contributed by atoms with Crippen molar-refractivity contribution < 1.29 is 8.42 Å². The van der Waals surface area contributed by atoms with E-state index in [9.17, 15) is 8.42 Å². The van der Waals surface area contributed by atoms with Gasteiger partial charge in [-0.1, -0.05) is 11.6 Å². The molecule has 2 N–H and O–H groups in total. The molecule has 0 fully saturated rings. The van der Waals surface area contributed by atoms with Crippen molar-refractivity contribution in [3.63, 3.8) is 0 Å². The van der Waals surface area contributed by atoms with E-state index in [4.69, 9.17) is 16.7 Å². The zero-order valence-corrected chi connectivity index (χ0v) is 11.4. The summed E-state index contributed by atoms with van der Waals surface area (Å²) >= 11 is 10.8. The fraction of sp³-hybridized carbons (Fsp3) is 0. The molecule has 7 heteroatoms. The fourth-order valence-corrected chi connectivity index (χ4v) is 3.65. The van der Waals surface area contributed by atoms with E-state index in [1.807, 2.05) is 22.6 Å². The summed E-state index contributed by atoms with van der Waals surface area (Å²) in [6.45, 7) is 0. The molecule has 1 aromatic rings. The molecule has 1 rings (SSSR count). The highest BCUT2D eigenvalue weighted by Crippen LogP contribution is 2.31. The van der Waals surface area contributed by atoms with Crippen LogP contribution in [0, 0.1) is 3.57 Å². The zero-order valence-electron chi connectivity index (χ0n) is 6.09. The molecule has 0 amide bonds. The third-order valence-corrected chi connectivity index (χ3v) is 5.35. The number of nitrogens with two attached hydrogens (primary N) is 1. The summed E-state index contributed by atoms with van der Waals surface area (Å²) in [4.78, 5) is 0.0429.